The molecule has 1 atom stereocenters. The van der Waals surface area contributed by atoms with Crippen LogP contribution in [0, 0.1) is 0 Å². The highest BCUT2D eigenvalue weighted by Gasteiger charge is 2.38. The number of anilines is 1. The molecule has 8 nitrogen and oxygen atoms in total. The van der Waals surface area contributed by atoms with Crippen LogP contribution >= 0.6 is 23.4 Å². The largest absolute Gasteiger partial charge is 0.435 e. The molecule has 0 spiro atoms. The van der Waals surface area contributed by atoms with Gasteiger partial charge in [-0.05, 0) is 61.9 Å². The van der Waals surface area contributed by atoms with E-state index in [-0.39, 0.29) is 22.1 Å². The van der Waals surface area contributed by atoms with Gasteiger partial charge in [0.1, 0.15) is 16.0 Å². The van der Waals surface area contributed by atoms with Gasteiger partial charge in [-0.25, -0.2) is 4.99 Å². The average Bonchev–Trinajstić information content (AvgIpc) is 3.17. The lowest BCUT2D eigenvalue weighted by Gasteiger charge is -2.12. The predicted molar refractivity (Wildman–Crippen MR) is 137 cm³/mol. The highest BCUT2D eigenvalue weighted by atomic mass is 35.5. The summed E-state index contributed by atoms with van der Waals surface area (Å²) in [6.07, 6.45) is 0.610. The lowest BCUT2D eigenvalue weighted by molar-refractivity contribution is -0.117. The summed E-state index contributed by atoms with van der Waals surface area (Å²) in [5, 5.41) is 5.35. The van der Waals surface area contributed by atoms with E-state index in [1.807, 2.05) is 6.92 Å². The molecule has 4 N–H and O–H groups in total. The molecule has 0 fully saturated rings. The quantitative estimate of drug-likeness (QED) is 0.363. The number of alkyl halides is 2. The Balaban J connectivity index is 1.79. The van der Waals surface area contributed by atoms with Gasteiger partial charge in [-0.3, -0.25) is 9.59 Å². The number of benzene rings is 2. The number of hydrogen-bond donors (Lipinski definition) is 3. The summed E-state index contributed by atoms with van der Waals surface area (Å²) in [6.45, 7) is 0.374. The summed E-state index contributed by atoms with van der Waals surface area (Å²) < 4.78 is 34.3. The fourth-order valence-electron chi connectivity index (χ4n) is 3.16. The SMILES string of the molecule is CCOCCCNC(=O)C1=C(N)[C@H](C(=O)Nc2ccc(OC(F)F)cc2)SC1=Nc1ccc(Cl)cc1. The van der Waals surface area contributed by atoms with Crippen LogP contribution in [0.3, 0.4) is 0 Å². The van der Waals surface area contributed by atoms with Crippen LogP contribution in [0.2, 0.25) is 5.02 Å². The highest BCUT2D eigenvalue weighted by Crippen LogP contribution is 2.35. The number of aliphatic imine (C=N–C) groups is 1. The van der Waals surface area contributed by atoms with Crippen molar-refractivity contribution in [1.29, 1.82) is 0 Å². The number of thioether (sulfide) groups is 1. The van der Waals surface area contributed by atoms with E-state index in [9.17, 15) is 18.4 Å². The van der Waals surface area contributed by atoms with Crippen molar-refractivity contribution in [1.82, 2.24) is 5.32 Å². The van der Waals surface area contributed by atoms with E-state index in [0.29, 0.717) is 42.6 Å². The van der Waals surface area contributed by atoms with E-state index in [2.05, 4.69) is 20.4 Å². The number of carbonyl (C=O) groups is 2. The van der Waals surface area contributed by atoms with Crippen molar-refractivity contribution in [2.75, 3.05) is 25.1 Å². The van der Waals surface area contributed by atoms with Gasteiger partial charge in [0.05, 0.1) is 11.3 Å². The number of rotatable bonds is 11. The third kappa shape index (κ3) is 7.67. The maximum absolute atomic E-state index is 13.0. The monoisotopic (exact) mass is 538 g/mol. The maximum Gasteiger partial charge on any atom is 0.387 e. The first-order valence-corrected chi connectivity index (χ1v) is 12.3. The van der Waals surface area contributed by atoms with E-state index in [1.165, 1.54) is 24.3 Å². The summed E-state index contributed by atoms with van der Waals surface area (Å²) in [6, 6.07) is 12.1. The van der Waals surface area contributed by atoms with Gasteiger partial charge in [-0.2, -0.15) is 8.78 Å². The fourth-order valence-corrected chi connectivity index (χ4v) is 4.41. The zero-order chi connectivity index (χ0) is 26.1. The number of halogens is 3. The molecule has 0 saturated carbocycles. The first-order chi connectivity index (χ1) is 17.3. The summed E-state index contributed by atoms with van der Waals surface area (Å²) >= 11 is 6.98. The van der Waals surface area contributed by atoms with Gasteiger partial charge < -0.3 is 25.8 Å². The van der Waals surface area contributed by atoms with Crippen molar-refractivity contribution >= 4 is 51.6 Å². The van der Waals surface area contributed by atoms with Gasteiger partial charge in [0.2, 0.25) is 5.91 Å². The molecule has 12 heteroatoms. The molecule has 0 saturated heterocycles. The molecule has 1 aliphatic rings. The highest BCUT2D eigenvalue weighted by molar-refractivity contribution is 8.16. The smallest absolute Gasteiger partial charge is 0.387 e. The Morgan fingerprint density at radius 3 is 2.50 bits per heavy atom. The van der Waals surface area contributed by atoms with E-state index in [0.717, 1.165) is 11.8 Å². The molecule has 0 aliphatic carbocycles. The molecule has 2 aromatic carbocycles. The third-order valence-corrected chi connectivity index (χ3v) is 6.31. The number of amides is 2. The number of nitrogens with zero attached hydrogens (tertiary/aromatic N) is 1. The zero-order valence-electron chi connectivity index (χ0n) is 19.3. The van der Waals surface area contributed by atoms with Crippen molar-refractivity contribution in [3.8, 4) is 5.75 Å². The van der Waals surface area contributed by atoms with E-state index >= 15 is 0 Å². The van der Waals surface area contributed by atoms with Crippen LogP contribution in [0.1, 0.15) is 13.3 Å². The van der Waals surface area contributed by atoms with E-state index in [1.54, 1.807) is 24.3 Å². The first-order valence-electron chi connectivity index (χ1n) is 11.0. The van der Waals surface area contributed by atoms with Crippen molar-refractivity contribution in [2.45, 2.75) is 25.2 Å². The minimum atomic E-state index is -2.95. The van der Waals surface area contributed by atoms with Crippen LogP contribution in [0.5, 0.6) is 5.75 Å². The minimum Gasteiger partial charge on any atom is -0.435 e. The Hall–Kier alpha value is -3.15. The van der Waals surface area contributed by atoms with Crippen molar-refractivity contribution in [3.05, 3.63) is 64.8 Å². The van der Waals surface area contributed by atoms with Gasteiger partial charge in [0.15, 0.2) is 0 Å². The van der Waals surface area contributed by atoms with Gasteiger partial charge >= 0.3 is 6.61 Å². The van der Waals surface area contributed by atoms with E-state index in [4.69, 9.17) is 22.1 Å². The molecule has 1 aliphatic heterocycles. The second-order valence-corrected chi connectivity index (χ2v) is 8.95. The molecule has 36 heavy (non-hydrogen) atoms. The van der Waals surface area contributed by atoms with Gasteiger partial charge in [0, 0.05) is 36.2 Å². The minimum absolute atomic E-state index is 0.0432. The van der Waals surface area contributed by atoms with Crippen molar-refractivity contribution < 1.29 is 27.8 Å². The number of nitrogens with one attached hydrogen (secondary N) is 2. The number of hydrogen-bond acceptors (Lipinski definition) is 7. The van der Waals surface area contributed by atoms with Crippen LogP contribution in [0.15, 0.2) is 64.8 Å². The molecular weight excluding hydrogens is 514 g/mol. The van der Waals surface area contributed by atoms with Crippen LogP contribution < -0.4 is 21.1 Å². The predicted octanol–water partition coefficient (Wildman–Crippen LogP) is 4.48. The molecular formula is C24H25ClF2N4O4S. The number of ether oxygens (including phenoxy) is 2. The molecule has 2 amide bonds. The Morgan fingerprint density at radius 2 is 1.86 bits per heavy atom. The molecule has 192 valence electrons. The third-order valence-electron chi connectivity index (χ3n) is 4.84. The fraction of sp³-hybridized carbons (Fsp3) is 0.292. The summed E-state index contributed by atoms with van der Waals surface area (Å²) in [5.74, 6) is -0.991. The molecule has 0 radical (unpaired) electrons. The summed E-state index contributed by atoms with van der Waals surface area (Å²) in [7, 11) is 0. The Bertz CT molecular complexity index is 1130. The molecule has 0 bridgehead atoms. The number of nitrogens with two attached hydrogens (primary N) is 1. The topological polar surface area (TPSA) is 115 Å². The molecule has 1 heterocycles. The number of carbonyl (C=O) groups excluding carboxylic acids is 2. The first kappa shape index (κ1) is 27.4. The molecule has 2 aromatic rings. The van der Waals surface area contributed by atoms with Gasteiger partial charge in [-0.1, -0.05) is 23.4 Å². The Kier molecular flexibility index (Phi) is 10.1. The van der Waals surface area contributed by atoms with Crippen LogP contribution in [0.25, 0.3) is 0 Å². The Labute approximate surface area is 216 Å². The Morgan fingerprint density at radius 1 is 1.17 bits per heavy atom. The lowest BCUT2D eigenvalue weighted by atomic mass is 10.1. The second kappa shape index (κ2) is 13.2. The molecule has 3 rings (SSSR count). The molecule has 0 unspecified atom stereocenters. The zero-order valence-corrected chi connectivity index (χ0v) is 20.9. The normalized spacial score (nSPS) is 16.5. The molecule has 0 aromatic heterocycles. The van der Waals surface area contributed by atoms with E-state index < -0.39 is 23.7 Å². The van der Waals surface area contributed by atoms with Crippen LogP contribution in [-0.2, 0) is 14.3 Å². The van der Waals surface area contributed by atoms with Gasteiger partial charge in [-0.15, -0.1) is 0 Å². The standard InChI is InChI=1S/C24H25ClF2N4O4S/c1-2-34-13-3-12-29-21(32)18-19(28)20(36-23(18)31-16-6-4-14(25)5-7-16)22(33)30-15-8-10-17(11-9-15)35-24(26)27/h4-11,20,24H,2-3,12-13,28H2,1H3,(H,29,32)(H,30,33)/t20-/m1/s1. The van der Waals surface area contributed by atoms with Crippen molar-refractivity contribution in [2.24, 2.45) is 10.7 Å². The lowest BCUT2D eigenvalue weighted by Crippen LogP contribution is -2.32. The summed E-state index contributed by atoms with van der Waals surface area (Å²) in [4.78, 5) is 30.5. The van der Waals surface area contributed by atoms with Crippen LogP contribution in [-0.4, -0.2) is 48.5 Å². The maximum atomic E-state index is 13.0. The average molecular weight is 539 g/mol. The summed E-state index contributed by atoms with van der Waals surface area (Å²) in [5.41, 5.74) is 7.34. The van der Waals surface area contributed by atoms with Crippen LogP contribution in [0.4, 0.5) is 20.2 Å². The van der Waals surface area contributed by atoms with Crippen molar-refractivity contribution in [3.63, 3.8) is 0 Å². The second-order valence-electron chi connectivity index (χ2n) is 7.42. The van der Waals surface area contributed by atoms with Gasteiger partial charge in [0.25, 0.3) is 5.91 Å².